The Bertz CT molecular complexity index is 243. The van der Waals surface area contributed by atoms with E-state index in [9.17, 15) is 4.79 Å². The van der Waals surface area contributed by atoms with E-state index in [1.807, 2.05) is 0 Å². The monoisotopic (exact) mass is 226 g/mol. The number of carbonyl (C=O) groups excluding carboxylic acids is 1. The molecule has 16 heavy (non-hydrogen) atoms. The van der Waals surface area contributed by atoms with Crippen molar-refractivity contribution >= 4 is 5.97 Å². The second-order valence-electron chi connectivity index (χ2n) is 5.02. The minimum Gasteiger partial charge on any atom is -0.468 e. The molecule has 2 heterocycles. The Morgan fingerprint density at radius 1 is 1.44 bits per heavy atom. The van der Waals surface area contributed by atoms with E-state index in [1.54, 1.807) is 0 Å². The molecular formula is C12H22N2O2. The van der Waals surface area contributed by atoms with Gasteiger partial charge in [-0.25, -0.2) is 0 Å². The van der Waals surface area contributed by atoms with Gasteiger partial charge < -0.3 is 15.4 Å². The molecule has 2 rings (SSSR count). The minimum absolute atomic E-state index is 0.0703. The predicted octanol–water partition coefficient (Wildman–Crippen LogP) is 0.671. The first kappa shape index (κ1) is 11.9. The van der Waals surface area contributed by atoms with Crippen LogP contribution in [0.2, 0.25) is 0 Å². The van der Waals surface area contributed by atoms with Gasteiger partial charge in [-0.1, -0.05) is 0 Å². The first-order valence-corrected chi connectivity index (χ1v) is 6.31. The van der Waals surface area contributed by atoms with Crippen molar-refractivity contribution in [3.05, 3.63) is 0 Å². The van der Waals surface area contributed by atoms with Gasteiger partial charge in [0.2, 0.25) is 0 Å². The van der Waals surface area contributed by atoms with E-state index >= 15 is 0 Å². The van der Waals surface area contributed by atoms with E-state index in [1.165, 1.54) is 20.0 Å². The van der Waals surface area contributed by atoms with Crippen molar-refractivity contribution in [3.8, 4) is 0 Å². The highest BCUT2D eigenvalue weighted by atomic mass is 16.5. The standard InChI is InChI=1S/C12H22N2O2/c1-16-11(15)12(5-2-3-6-14-12)8-10-4-7-13-9-10/h10,13-14H,2-9H2,1H3. The van der Waals surface area contributed by atoms with Crippen molar-refractivity contribution in [2.45, 2.75) is 37.6 Å². The van der Waals surface area contributed by atoms with Gasteiger partial charge in [-0.15, -0.1) is 0 Å². The summed E-state index contributed by atoms with van der Waals surface area (Å²) in [5.41, 5.74) is -0.399. The van der Waals surface area contributed by atoms with Crippen LogP contribution in [0.1, 0.15) is 32.1 Å². The molecule has 0 bridgehead atoms. The van der Waals surface area contributed by atoms with Gasteiger partial charge in [0.15, 0.2) is 0 Å². The third-order valence-electron chi connectivity index (χ3n) is 3.87. The van der Waals surface area contributed by atoms with Crippen LogP contribution in [0.3, 0.4) is 0 Å². The zero-order valence-corrected chi connectivity index (χ0v) is 10.1. The molecule has 0 saturated carbocycles. The number of hydrogen-bond acceptors (Lipinski definition) is 4. The molecule has 0 aromatic heterocycles. The summed E-state index contributed by atoms with van der Waals surface area (Å²) in [6.45, 7) is 3.07. The summed E-state index contributed by atoms with van der Waals surface area (Å²) in [5.74, 6) is 0.545. The fourth-order valence-corrected chi connectivity index (χ4v) is 2.98. The number of esters is 1. The van der Waals surface area contributed by atoms with Crippen LogP contribution >= 0.6 is 0 Å². The highest BCUT2D eigenvalue weighted by molar-refractivity contribution is 5.81. The van der Waals surface area contributed by atoms with Gasteiger partial charge in [-0.3, -0.25) is 4.79 Å². The van der Waals surface area contributed by atoms with Crippen LogP contribution in [-0.2, 0) is 9.53 Å². The smallest absolute Gasteiger partial charge is 0.326 e. The lowest BCUT2D eigenvalue weighted by molar-refractivity contribution is -0.150. The van der Waals surface area contributed by atoms with Crippen LogP contribution in [0.15, 0.2) is 0 Å². The fourth-order valence-electron chi connectivity index (χ4n) is 2.98. The van der Waals surface area contributed by atoms with Crippen molar-refractivity contribution < 1.29 is 9.53 Å². The number of piperidine rings is 1. The summed E-state index contributed by atoms with van der Waals surface area (Å²) >= 11 is 0. The number of methoxy groups -OCH3 is 1. The van der Waals surface area contributed by atoms with Crippen LogP contribution in [0.5, 0.6) is 0 Å². The van der Waals surface area contributed by atoms with E-state index in [4.69, 9.17) is 4.74 Å². The Labute approximate surface area is 97.1 Å². The molecule has 0 spiro atoms. The van der Waals surface area contributed by atoms with Crippen LogP contribution in [0.25, 0.3) is 0 Å². The van der Waals surface area contributed by atoms with Gasteiger partial charge in [0, 0.05) is 0 Å². The topological polar surface area (TPSA) is 50.4 Å². The lowest BCUT2D eigenvalue weighted by atomic mass is 9.80. The summed E-state index contributed by atoms with van der Waals surface area (Å²) in [6, 6.07) is 0. The molecule has 2 aliphatic heterocycles. The minimum atomic E-state index is -0.399. The summed E-state index contributed by atoms with van der Waals surface area (Å²) in [7, 11) is 1.49. The van der Waals surface area contributed by atoms with E-state index < -0.39 is 5.54 Å². The Kier molecular flexibility index (Phi) is 3.82. The quantitative estimate of drug-likeness (QED) is 0.695. The molecule has 0 radical (unpaired) electrons. The molecule has 4 nitrogen and oxygen atoms in total. The molecule has 4 heteroatoms. The lowest BCUT2D eigenvalue weighted by Gasteiger charge is -2.37. The third-order valence-corrected chi connectivity index (χ3v) is 3.87. The van der Waals surface area contributed by atoms with E-state index in [0.717, 1.165) is 38.9 Å². The first-order valence-electron chi connectivity index (χ1n) is 6.31. The van der Waals surface area contributed by atoms with Gasteiger partial charge in [0.1, 0.15) is 5.54 Å². The van der Waals surface area contributed by atoms with Gasteiger partial charge >= 0.3 is 5.97 Å². The molecule has 2 saturated heterocycles. The maximum Gasteiger partial charge on any atom is 0.326 e. The highest BCUT2D eigenvalue weighted by Crippen LogP contribution is 2.30. The Balaban J connectivity index is 2.03. The number of ether oxygens (including phenoxy) is 1. The molecular weight excluding hydrogens is 204 g/mol. The number of carbonyl (C=O) groups is 1. The maximum atomic E-state index is 12.0. The average Bonchev–Trinajstić information content (AvgIpc) is 2.82. The number of hydrogen-bond donors (Lipinski definition) is 2. The molecule has 2 aliphatic rings. The molecule has 2 fully saturated rings. The SMILES string of the molecule is COC(=O)C1(CC2CCNC2)CCCCN1. The van der Waals surface area contributed by atoms with Gasteiger partial charge in [0.25, 0.3) is 0 Å². The number of nitrogens with one attached hydrogen (secondary N) is 2. The van der Waals surface area contributed by atoms with Crippen molar-refractivity contribution in [1.29, 1.82) is 0 Å². The Morgan fingerprint density at radius 3 is 2.88 bits per heavy atom. The second-order valence-corrected chi connectivity index (χ2v) is 5.02. The Morgan fingerprint density at radius 2 is 2.31 bits per heavy atom. The maximum absolute atomic E-state index is 12.0. The fraction of sp³-hybridized carbons (Fsp3) is 0.917. The normalized spacial score (nSPS) is 34.9. The van der Waals surface area contributed by atoms with Crippen LogP contribution < -0.4 is 10.6 Å². The Hall–Kier alpha value is -0.610. The lowest BCUT2D eigenvalue weighted by Crippen LogP contribution is -2.56. The summed E-state index contributed by atoms with van der Waals surface area (Å²) in [6.07, 6.45) is 5.33. The van der Waals surface area contributed by atoms with Gasteiger partial charge in [-0.2, -0.15) is 0 Å². The molecule has 92 valence electrons. The molecule has 0 amide bonds. The number of rotatable bonds is 3. The molecule has 0 aromatic rings. The summed E-state index contributed by atoms with van der Waals surface area (Å²) in [5, 5.41) is 6.76. The van der Waals surface area contributed by atoms with E-state index in [0.29, 0.717) is 5.92 Å². The van der Waals surface area contributed by atoms with Crippen LogP contribution in [-0.4, -0.2) is 38.3 Å². The molecule has 2 unspecified atom stereocenters. The zero-order chi connectivity index (χ0) is 11.4. The first-order chi connectivity index (χ1) is 7.77. The van der Waals surface area contributed by atoms with E-state index in [-0.39, 0.29) is 5.97 Å². The van der Waals surface area contributed by atoms with Crippen molar-refractivity contribution in [2.75, 3.05) is 26.7 Å². The largest absolute Gasteiger partial charge is 0.468 e. The predicted molar refractivity (Wildman–Crippen MR) is 62.2 cm³/mol. The average molecular weight is 226 g/mol. The molecule has 2 N–H and O–H groups in total. The molecule has 0 aromatic carbocycles. The van der Waals surface area contributed by atoms with Crippen LogP contribution in [0.4, 0.5) is 0 Å². The molecule has 2 atom stereocenters. The van der Waals surface area contributed by atoms with Crippen LogP contribution in [0, 0.1) is 5.92 Å². The van der Waals surface area contributed by atoms with Crippen molar-refractivity contribution in [3.63, 3.8) is 0 Å². The van der Waals surface area contributed by atoms with Crippen molar-refractivity contribution in [1.82, 2.24) is 10.6 Å². The summed E-state index contributed by atoms with van der Waals surface area (Å²) < 4.78 is 4.98. The third kappa shape index (κ3) is 2.38. The summed E-state index contributed by atoms with van der Waals surface area (Å²) in [4.78, 5) is 12.0. The second kappa shape index (κ2) is 5.15. The van der Waals surface area contributed by atoms with E-state index in [2.05, 4.69) is 10.6 Å². The van der Waals surface area contributed by atoms with Gasteiger partial charge in [-0.05, 0) is 57.7 Å². The zero-order valence-electron chi connectivity index (χ0n) is 10.1. The van der Waals surface area contributed by atoms with Crippen molar-refractivity contribution in [2.24, 2.45) is 5.92 Å². The molecule has 0 aliphatic carbocycles. The van der Waals surface area contributed by atoms with Gasteiger partial charge in [0.05, 0.1) is 7.11 Å². The highest BCUT2D eigenvalue weighted by Gasteiger charge is 2.42.